The predicted molar refractivity (Wildman–Crippen MR) is 161 cm³/mol. The van der Waals surface area contributed by atoms with Crippen molar-refractivity contribution in [3.05, 3.63) is 68.5 Å². The standard InChI is InChI=1S/C32H38BrNO8/c1-17(2)41-10-11-42-32(36)28-18(3)34-23-13-20(19-8-9-25(37-4)26(15-19)38-5)14-24(35)30(23)29(28)21-12-22(33)31(40-7)27(16-21)39-6/h8-9,12,15-17,20,29,34H,10-11,13-14H2,1-7H3/t20-,29+/m1/s1. The van der Waals surface area contributed by atoms with Crippen molar-refractivity contribution < 1.29 is 38.0 Å². The van der Waals surface area contributed by atoms with Gasteiger partial charge in [0.15, 0.2) is 28.8 Å². The molecule has 2 atom stereocenters. The number of rotatable bonds is 11. The second-order valence-corrected chi connectivity index (χ2v) is 11.3. The smallest absolute Gasteiger partial charge is 0.336 e. The normalized spacial score (nSPS) is 18.5. The molecule has 0 saturated heterocycles. The van der Waals surface area contributed by atoms with Crippen LogP contribution in [0.25, 0.3) is 0 Å². The summed E-state index contributed by atoms with van der Waals surface area (Å²) >= 11 is 3.58. The van der Waals surface area contributed by atoms with Crippen molar-refractivity contribution in [2.24, 2.45) is 0 Å². The van der Waals surface area contributed by atoms with Crippen LogP contribution in [0.3, 0.4) is 0 Å². The number of hydrogen-bond donors (Lipinski definition) is 1. The average Bonchev–Trinajstić information content (AvgIpc) is 2.97. The zero-order valence-electron chi connectivity index (χ0n) is 25.1. The SMILES string of the molecule is COc1ccc([C@H]2CC(=O)C3=C(C2)NC(C)=C(C(=O)OCCOC(C)C)[C@@H]3c2cc(Br)c(OC)c(OC)c2)cc1OC. The minimum absolute atomic E-state index is 0.0176. The molecule has 2 aromatic rings. The number of methoxy groups -OCH3 is 4. The molecule has 0 bridgehead atoms. The molecule has 0 radical (unpaired) electrons. The van der Waals surface area contributed by atoms with Crippen molar-refractivity contribution in [2.75, 3.05) is 41.7 Å². The fourth-order valence-electron chi connectivity index (χ4n) is 5.59. The average molecular weight is 645 g/mol. The van der Waals surface area contributed by atoms with Gasteiger partial charge in [-0.2, -0.15) is 0 Å². The number of dihydropyridines is 1. The first-order valence-corrected chi connectivity index (χ1v) is 14.6. The summed E-state index contributed by atoms with van der Waals surface area (Å²) in [6.07, 6.45) is 0.859. The maximum absolute atomic E-state index is 14.0. The first-order chi connectivity index (χ1) is 20.1. The van der Waals surface area contributed by atoms with E-state index in [1.807, 2.05) is 45.0 Å². The number of allylic oxidation sites excluding steroid dienone is 3. The van der Waals surface area contributed by atoms with Crippen LogP contribution < -0.4 is 24.3 Å². The first kappa shape index (κ1) is 31.4. The minimum Gasteiger partial charge on any atom is -0.493 e. The van der Waals surface area contributed by atoms with Gasteiger partial charge >= 0.3 is 5.97 Å². The number of nitrogens with one attached hydrogen (secondary N) is 1. The predicted octanol–water partition coefficient (Wildman–Crippen LogP) is 5.81. The monoisotopic (exact) mass is 643 g/mol. The number of hydrogen-bond acceptors (Lipinski definition) is 9. The third-order valence-corrected chi connectivity index (χ3v) is 8.07. The Morgan fingerprint density at radius 3 is 2.26 bits per heavy atom. The molecule has 42 heavy (non-hydrogen) atoms. The first-order valence-electron chi connectivity index (χ1n) is 13.8. The van der Waals surface area contributed by atoms with Crippen molar-refractivity contribution in [1.29, 1.82) is 0 Å². The molecule has 10 heteroatoms. The van der Waals surface area contributed by atoms with E-state index in [4.69, 9.17) is 28.4 Å². The van der Waals surface area contributed by atoms with Gasteiger partial charge in [-0.25, -0.2) is 4.79 Å². The zero-order valence-corrected chi connectivity index (χ0v) is 26.7. The molecule has 9 nitrogen and oxygen atoms in total. The van der Waals surface area contributed by atoms with E-state index in [0.717, 1.165) is 11.3 Å². The molecule has 4 rings (SSSR count). The van der Waals surface area contributed by atoms with Crippen LogP contribution in [0.2, 0.25) is 0 Å². The summed E-state index contributed by atoms with van der Waals surface area (Å²) in [5, 5.41) is 3.39. The number of ketones is 1. The van der Waals surface area contributed by atoms with E-state index in [0.29, 0.717) is 56.3 Å². The summed E-state index contributed by atoms with van der Waals surface area (Å²) in [6.45, 7) is 6.04. The Kier molecular flexibility index (Phi) is 10.2. The summed E-state index contributed by atoms with van der Waals surface area (Å²) in [5.41, 5.74) is 3.99. The molecule has 0 aromatic heterocycles. The number of esters is 1. The molecule has 0 fully saturated rings. The number of benzene rings is 2. The van der Waals surface area contributed by atoms with Crippen LogP contribution in [0.4, 0.5) is 0 Å². The lowest BCUT2D eigenvalue weighted by molar-refractivity contribution is -0.141. The molecular formula is C32H38BrNO8. The van der Waals surface area contributed by atoms with Gasteiger partial charge in [0, 0.05) is 29.3 Å². The quantitative estimate of drug-likeness (QED) is 0.240. The molecular weight excluding hydrogens is 606 g/mol. The summed E-state index contributed by atoms with van der Waals surface area (Å²) in [7, 11) is 6.28. The number of ether oxygens (including phenoxy) is 6. The minimum atomic E-state index is -0.672. The third kappa shape index (κ3) is 6.44. The van der Waals surface area contributed by atoms with Gasteiger partial charge in [-0.15, -0.1) is 0 Å². The van der Waals surface area contributed by atoms with Crippen molar-refractivity contribution >= 4 is 27.7 Å². The van der Waals surface area contributed by atoms with E-state index < -0.39 is 11.9 Å². The topological polar surface area (TPSA) is 102 Å². The van der Waals surface area contributed by atoms with E-state index in [9.17, 15) is 9.59 Å². The van der Waals surface area contributed by atoms with E-state index in [1.165, 1.54) is 0 Å². The molecule has 0 unspecified atom stereocenters. The van der Waals surface area contributed by atoms with Gasteiger partial charge in [0.25, 0.3) is 0 Å². The lowest BCUT2D eigenvalue weighted by Gasteiger charge is -2.37. The summed E-state index contributed by atoms with van der Waals surface area (Å²) < 4.78 is 33.9. The van der Waals surface area contributed by atoms with Gasteiger partial charge in [0.1, 0.15) is 6.61 Å². The van der Waals surface area contributed by atoms with Gasteiger partial charge in [-0.3, -0.25) is 4.79 Å². The summed E-state index contributed by atoms with van der Waals surface area (Å²) in [4.78, 5) is 27.6. The van der Waals surface area contributed by atoms with Crippen LogP contribution in [0.1, 0.15) is 56.6 Å². The molecule has 1 N–H and O–H groups in total. The van der Waals surface area contributed by atoms with Crippen LogP contribution in [0.15, 0.2) is 57.3 Å². The molecule has 1 aliphatic carbocycles. The van der Waals surface area contributed by atoms with Crippen LogP contribution in [0.5, 0.6) is 23.0 Å². The fourth-order valence-corrected chi connectivity index (χ4v) is 6.21. The highest BCUT2D eigenvalue weighted by Crippen LogP contribution is 2.49. The lowest BCUT2D eigenvalue weighted by atomic mass is 9.71. The van der Waals surface area contributed by atoms with E-state index in [-0.39, 0.29) is 37.4 Å². The van der Waals surface area contributed by atoms with Crippen molar-refractivity contribution in [3.8, 4) is 23.0 Å². The molecule has 226 valence electrons. The van der Waals surface area contributed by atoms with Crippen molar-refractivity contribution in [1.82, 2.24) is 5.32 Å². The Labute approximate surface area is 255 Å². The molecule has 2 aromatic carbocycles. The van der Waals surface area contributed by atoms with Crippen LogP contribution in [-0.4, -0.2) is 59.5 Å². The van der Waals surface area contributed by atoms with Crippen LogP contribution >= 0.6 is 15.9 Å². The number of carbonyl (C=O) groups is 2. The largest absolute Gasteiger partial charge is 0.493 e. The van der Waals surface area contributed by atoms with Gasteiger partial charge < -0.3 is 33.7 Å². The van der Waals surface area contributed by atoms with E-state index >= 15 is 0 Å². The zero-order chi connectivity index (χ0) is 30.6. The fraction of sp³-hybridized carbons (Fsp3) is 0.438. The highest BCUT2D eigenvalue weighted by Gasteiger charge is 2.42. The highest BCUT2D eigenvalue weighted by atomic mass is 79.9. The van der Waals surface area contributed by atoms with Gasteiger partial charge in [-0.1, -0.05) is 6.07 Å². The van der Waals surface area contributed by atoms with E-state index in [1.54, 1.807) is 34.5 Å². The Hall–Kier alpha value is -3.50. The molecule has 0 saturated carbocycles. The van der Waals surface area contributed by atoms with Gasteiger partial charge in [0.2, 0.25) is 0 Å². The Morgan fingerprint density at radius 2 is 1.62 bits per heavy atom. The molecule has 0 spiro atoms. The maximum atomic E-state index is 14.0. The Morgan fingerprint density at radius 1 is 0.929 bits per heavy atom. The van der Waals surface area contributed by atoms with E-state index in [2.05, 4.69) is 21.2 Å². The molecule has 0 amide bonds. The third-order valence-electron chi connectivity index (χ3n) is 7.48. The number of halogens is 1. The van der Waals surface area contributed by atoms with Gasteiger partial charge in [-0.05, 0) is 84.4 Å². The second-order valence-electron chi connectivity index (χ2n) is 10.4. The lowest BCUT2D eigenvalue weighted by Crippen LogP contribution is -2.36. The number of Topliss-reactive ketones (excluding diaryl/α,β-unsaturated/α-hetero) is 1. The van der Waals surface area contributed by atoms with Crippen LogP contribution in [0, 0.1) is 0 Å². The van der Waals surface area contributed by atoms with Crippen molar-refractivity contribution in [2.45, 2.75) is 51.6 Å². The molecule has 1 aliphatic heterocycles. The summed E-state index contributed by atoms with van der Waals surface area (Å²) in [6, 6.07) is 9.39. The number of carbonyl (C=O) groups excluding carboxylic acids is 2. The summed E-state index contributed by atoms with van der Waals surface area (Å²) in [5.74, 6) is 0.900. The van der Waals surface area contributed by atoms with Crippen LogP contribution in [-0.2, 0) is 19.1 Å². The Bertz CT molecular complexity index is 1410. The molecule has 1 heterocycles. The second kappa shape index (κ2) is 13.6. The molecule has 2 aliphatic rings. The maximum Gasteiger partial charge on any atom is 0.336 e. The van der Waals surface area contributed by atoms with Gasteiger partial charge in [0.05, 0.1) is 51.2 Å². The highest BCUT2D eigenvalue weighted by molar-refractivity contribution is 9.10. The Balaban J connectivity index is 1.77. The van der Waals surface area contributed by atoms with Crippen molar-refractivity contribution in [3.63, 3.8) is 0 Å².